The molecular weight excluding hydrogens is 259 g/mol. The summed E-state index contributed by atoms with van der Waals surface area (Å²) in [5, 5.41) is 5.55. The molecule has 2 aromatic rings. The molecule has 0 bridgehead atoms. The second-order valence-corrected chi connectivity index (χ2v) is 3.92. The Hall–Kier alpha value is -2.76. The predicted octanol–water partition coefficient (Wildman–Crippen LogP) is 2.47. The maximum atomic E-state index is 12.7. The molecule has 0 aliphatic heterocycles. The number of nitrogens with zero attached hydrogens (tertiary/aromatic N) is 2. The number of amides is 1. The summed E-state index contributed by atoms with van der Waals surface area (Å²) >= 11 is 0. The number of aromatic nitrogens is 2. The van der Waals surface area contributed by atoms with Crippen molar-refractivity contribution in [3.05, 3.63) is 60.8 Å². The lowest BCUT2D eigenvalue weighted by Gasteiger charge is -2.05. The second-order valence-electron chi connectivity index (χ2n) is 3.92. The topological polar surface area (TPSA) is 66.9 Å². The molecule has 0 saturated heterocycles. The highest BCUT2D eigenvalue weighted by Crippen LogP contribution is 2.10. The van der Waals surface area contributed by atoms with Gasteiger partial charge in [-0.15, -0.1) is 6.58 Å². The molecular formula is C14H13FN4O. The third kappa shape index (κ3) is 3.61. The molecule has 0 fully saturated rings. The Kier molecular flexibility index (Phi) is 4.39. The smallest absolute Gasteiger partial charge is 0.275 e. The van der Waals surface area contributed by atoms with Crippen molar-refractivity contribution in [2.75, 3.05) is 17.2 Å². The maximum Gasteiger partial charge on any atom is 0.275 e. The van der Waals surface area contributed by atoms with Crippen molar-refractivity contribution in [1.82, 2.24) is 9.97 Å². The van der Waals surface area contributed by atoms with Crippen molar-refractivity contribution in [1.29, 1.82) is 0 Å². The summed E-state index contributed by atoms with van der Waals surface area (Å²) in [7, 11) is 0. The minimum Gasteiger partial charge on any atom is -0.365 e. The number of carbonyl (C=O) groups excluding carboxylic acids is 1. The van der Waals surface area contributed by atoms with E-state index in [9.17, 15) is 9.18 Å². The van der Waals surface area contributed by atoms with E-state index in [1.165, 1.54) is 36.7 Å². The highest BCUT2D eigenvalue weighted by Gasteiger charge is 2.08. The van der Waals surface area contributed by atoms with Gasteiger partial charge in [-0.1, -0.05) is 6.08 Å². The number of nitrogens with one attached hydrogen (secondary N) is 2. The number of anilines is 2. The Morgan fingerprint density at radius 3 is 2.60 bits per heavy atom. The lowest BCUT2D eigenvalue weighted by atomic mass is 10.3. The van der Waals surface area contributed by atoms with Crippen molar-refractivity contribution in [3.8, 4) is 0 Å². The van der Waals surface area contributed by atoms with Gasteiger partial charge in [-0.05, 0) is 24.3 Å². The van der Waals surface area contributed by atoms with Crippen LogP contribution in [0.25, 0.3) is 0 Å². The zero-order valence-corrected chi connectivity index (χ0v) is 10.6. The molecule has 0 radical (unpaired) electrons. The summed E-state index contributed by atoms with van der Waals surface area (Å²) in [6.45, 7) is 4.14. The quantitative estimate of drug-likeness (QED) is 0.820. The number of halogens is 1. The molecule has 2 rings (SSSR count). The van der Waals surface area contributed by atoms with Crippen molar-refractivity contribution in [2.45, 2.75) is 0 Å². The lowest BCUT2D eigenvalue weighted by molar-refractivity contribution is 0.102. The van der Waals surface area contributed by atoms with Gasteiger partial charge >= 0.3 is 0 Å². The van der Waals surface area contributed by atoms with Gasteiger partial charge in [0.05, 0.1) is 12.4 Å². The van der Waals surface area contributed by atoms with Crippen LogP contribution in [0.3, 0.4) is 0 Å². The Morgan fingerprint density at radius 2 is 2.00 bits per heavy atom. The highest BCUT2D eigenvalue weighted by atomic mass is 19.1. The van der Waals surface area contributed by atoms with E-state index >= 15 is 0 Å². The van der Waals surface area contributed by atoms with Crippen molar-refractivity contribution in [3.63, 3.8) is 0 Å². The number of benzene rings is 1. The summed E-state index contributed by atoms with van der Waals surface area (Å²) in [5.41, 5.74) is 0.672. The molecule has 1 aromatic heterocycles. The van der Waals surface area contributed by atoms with E-state index in [0.717, 1.165) is 0 Å². The molecule has 102 valence electrons. The van der Waals surface area contributed by atoms with E-state index in [1.807, 2.05) is 0 Å². The van der Waals surface area contributed by atoms with Crippen LogP contribution in [0, 0.1) is 5.82 Å². The van der Waals surface area contributed by atoms with Gasteiger partial charge < -0.3 is 10.6 Å². The van der Waals surface area contributed by atoms with Crippen molar-refractivity contribution in [2.24, 2.45) is 0 Å². The molecule has 1 amide bonds. The summed E-state index contributed by atoms with van der Waals surface area (Å²) in [5.74, 6) is -0.206. The van der Waals surface area contributed by atoms with Crippen LogP contribution >= 0.6 is 0 Å². The Balaban J connectivity index is 2.01. The minimum absolute atomic E-state index is 0.179. The van der Waals surface area contributed by atoms with Gasteiger partial charge in [0.1, 0.15) is 17.3 Å². The van der Waals surface area contributed by atoms with Crippen LogP contribution in [0.5, 0.6) is 0 Å². The van der Waals surface area contributed by atoms with Gasteiger partial charge in [0.15, 0.2) is 0 Å². The van der Waals surface area contributed by atoms with E-state index < -0.39 is 5.91 Å². The molecule has 1 heterocycles. The third-order valence-electron chi connectivity index (χ3n) is 2.41. The third-order valence-corrected chi connectivity index (χ3v) is 2.41. The fraction of sp³-hybridized carbons (Fsp3) is 0.0714. The fourth-order valence-corrected chi connectivity index (χ4v) is 1.44. The van der Waals surface area contributed by atoms with Crippen LogP contribution < -0.4 is 10.6 Å². The average Bonchev–Trinajstić information content (AvgIpc) is 2.48. The van der Waals surface area contributed by atoms with E-state index in [-0.39, 0.29) is 11.5 Å². The normalized spacial score (nSPS) is 9.85. The predicted molar refractivity (Wildman–Crippen MR) is 75.1 cm³/mol. The van der Waals surface area contributed by atoms with E-state index in [2.05, 4.69) is 27.2 Å². The first-order chi connectivity index (χ1) is 9.69. The molecule has 5 nitrogen and oxygen atoms in total. The monoisotopic (exact) mass is 272 g/mol. The van der Waals surface area contributed by atoms with Crippen LogP contribution in [-0.2, 0) is 0 Å². The molecule has 0 unspecified atom stereocenters. The van der Waals surface area contributed by atoms with Gasteiger partial charge in [0.2, 0.25) is 0 Å². The van der Waals surface area contributed by atoms with E-state index in [4.69, 9.17) is 0 Å². The molecule has 0 aliphatic carbocycles. The van der Waals surface area contributed by atoms with Gasteiger partial charge in [-0.2, -0.15) is 0 Å². The number of carbonyl (C=O) groups is 1. The fourth-order valence-electron chi connectivity index (χ4n) is 1.44. The van der Waals surface area contributed by atoms with Crippen molar-refractivity contribution >= 4 is 17.4 Å². The Morgan fingerprint density at radius 1 is 1.25 bits per heavy atom. The molecule has 0 spiro atoms. The largest absolute Gasteiger partial charge is 0.365 e. The zero-order chi connectivity index (χ0) is 14.4. The Bertz CT molecular complexity index is 596. The SMILES string of the molecule is C=CCNc1cnc(C(=O)Nc2ccc(F)cc2)cn1. The molecule has 0 atom stereocenters. The lowest BCUT2D eigenvalue weighted by Crippen LogP contribution is -2.14. The molecule has 0 aliphatic rings. The standard InChI is InChI=1S/C14H13FN4O/c1-2-7-16-13-9-17-12(8-18-13)14(20)19-11-5-3-10(15)4-6-11/h2-6,8-9H,1,7H2,(H,16,18)(H,19,20). The summed E-state index contributed by atoms with van der Waals surface area (Å²) in [6.07, 6.45) is 4.52. The first kappa shape index (κ1) is 13.7. The molecule has 1 aromatic carbocycles. The van der Waals surface area contributed by atoms with Crippen LogP contribution in [0.2, 0.25) is 0 Å². The first-order valence-corrected chi connectivity index (χ1v) is 5.93. The van der Waals surface area contributed by atoms with Crippen molar-refractivity contribution < 1.29 is 9.18 Å². The Labute approximate surface area is 115 Å². The molecule has 2 N–H and O–H groups in total. The zero-order valence-electron chi connectivity index (χ0n) is 10.6. The highest BCUT2D eigenvalue weighted by molar-refractivity contribution is 6.02. The number of rotatable bonds is 5. The van der Waals surface area contributed by atoms with Gasteiger partial charge in [0, 0.05) is 12.2 Å². The van der Waals surface area contributed by atoms with Gasteiger partial charge in [0.25, 0.3) is 5.91 Å². The summed E-state index contributed by atoms with van der Waals surface area (Å²) < 4.78 is 12.7. The molecule has 6 heteroatoms. The number of hydrogen-bond acceptors (Lipinski definition) is 4. The number of hydrogen-bond donors (Lipinski definition) is 2. The summed E-state index contributed by atoms with van der Waals surface area (Å²) in [6, 6.07) is 5.48. The van der Waals surface area contributed by atoms with E-state index in [0.29, 0.717) is 18.1 Å². The second kappa shape index (κ2) is 6.42. The van der Waals surface area contributed by atoms with E-state index in [1.54, 1.807) is 6.08 Å². The average molecular weight is 272 g/mol. The maximum absolute atomic E-state index is 12.7. The van der Waals surface area contributed by atoms with Crippen LogP contribution in [-0.4, -0.2) is 22.4 Å². The molecule has 20 heavy (non-hydrogen) atoms. The van der Waals surface area contributed by atoms with Crippen LogP contribution in [0.15, 0.2) is 49.3 Å². The van der Waals surface area contributed by atoms with Gasteiger partial charge in [-0.3, -0.25) is 4.79 Å². The molecule has 0 saturated carbocycles. The van der Waals surface area contributed by atoms with Gasteiger partial charge in [-0.25, -0.2) is 14.4 Å². The van der Waals surface area contributed by atoms with Crippen LogP contribution in [0.4, 0.5) is 15.9 Å². The minimum atomic E-state index is -0.403. The summed E-state index contributed by atoms with van der Waals surface area (Å²) in [4.78, 5) is 19.9. The van der Waals surface area contributed by atoms with Crippen LogP contribution in [0.1, 0.15) is 10.5 Å². The first-order valence-electron chi connectivity index (χ1n) is 5.93.